The van der Waals surface area contributed by atoms with Crippen LogP contribution in [-0.4, -0.2) is 42.6 Å². The largest absolute Gasteiger partial charge is 0.481 e. The molecule has 1 amide bonds. The molecule has 0 unspecified atom stereocenters. The minimum absolute atomic E-state index is 0.0819. The monoisotopic (exact) mass is 302 g/mol. The maximum Gasteiger partial charge on any atom is 0.246 e. The summed E-state index contributed by atoms with van der Waals surface area (Å²) in [5, 5.41) is 0. The smallest absolute Gasteiger partial charge is 0.246 e. The molecule has 2 aromatic heterocycles. The second-order valence-corrected chi connectivity index (χ2v) is 4.83. The average molecular weight is 302 g/mol. The fourth-order valence-electron chi connectivity index (χ4n) is 2.42. The molecule has 22 heavy (non-hydrogen) atoms. The van der Waals surface area contributed by atoms with Gasteiger partial charge in [0.05, 0.1) is 19.3 Å². The third-order valence-electron chi connectivity index (χ3n) is 3.50. The summed E-state index contributed by atoms with van der Waals surface area (Å²) >= 11 is 0. The molecule has 6 nitrogen and oxygen atoms in total. The molecule has 0 N–H and O–H groups in total. The van der Waals surface area contributed by atoms with Gasteiger partial charge in [0.25, 0.3) is 0 Å². The van der Waals surface area contributed by atoms with Crippen molar-refractivity contribution < 1.29 is 13.9 Å². The normalized spacial score (nSPS) is 15.1. The topological polar surface area (TPSA) is 58.6 Å². The standard InChI is InChI=1S/C15H15FN4O2/c1-22-13-9-11(4-6-17-13)20-8-7-19(10-14(20)21)15-12(16)3-2-5-18-15/h2-6,9H,7-8,10H2,1H3. The number of pyridine rings is 2. The Hall–Kier alpha value is -2.70. The molecule has 0 aliphatic carbocycles. The first kappa shape index (κ1) is 14.2. The molecule has 3 heterocycles. The van der Waals surface area contributed by atoms with Gasteiger partial charge in [0.15, 0.2) is 11.6 Å². The highest BCUT2D eigenvalue weighted by Gasteiger charge is 2.27. The number of methoxy groups -OCH3 is 1. The minimum Gasteiger partial charge on any atom is -0.481 e. The molecule has 1 saturated heterocycles. The molecule has 114 valence electrons. The summed E-state index contributed by atoms with van der Waals surface area (Å²) < 4.78 is 18.8. The highest BCUT2D eigenvalue weighted by atomic mass is 19.1. The van der Waals surface area contributed by atoms with E-state index in [2.05, 4.69) is 9.97 Å². The van der Waals surface area contributed by atoms with Gasteiger partial charge in [-0.25, -0.2) is 14.4 Å². The second kappa shape index (κ2) is 5.97. The van der Waals surface area contributed by atoms with Crippen LogP contribution in [-0.2, 0) is 4.79 Å². The van der Waals surface area contributed by atoms with E-state index in [0.717, 1.165) is 5.69 Å². The van der Waals surface area contributed by atoms with Gasteiger partial charge in [-0.2, -0.15) is 0 Å². The van der Waals surface area contributed by atoms with Crippen molar-refractivity contribution in [3.8, 4) is 5.88 Å². The van der Waals surface area contributed by atoms with Gasteiger partial charge in [0.2, 0.25) is 11.8 Å². The Labute approximate surface area is 127 Å². The quantitative estimate of drug-likeness (QED) is 0.859. The SMILES string of the molecule is COc1cc(N2CCN(c3ncccc3F)CC2=O)ccn1. The summed E-state index contributed by atoms with van der Waals surface area (Å²) in [6.45, 7) is 1.03. The predicted octanol–water partition coefficient (Wildman–Crippen LogP) is 1.48. The van der Waals surface area contributed by atoms with E-state index in [-0.39, 0.29) is 18.3 Å². The Balaban J connectivity index is 1.78. The molecule has 2 aromatic rings. The number of rotatable bonds is 3. The Morgan fingerprint density at radius 3 is 2.82 bits per heavy atom. The number of carbonyl (C=O) groups excluding carboxylic acids is 1. The number of ether oxygens (including phenoxy) is 1. The number of piperazine rings is 1. The van der Waals surface area contributed by atoms with Crippen molar-refractivity contribution in [2.45, 2.75) is 0 Å². The van der Waals surface area contributed by atoms with Gasteiger partial charge < -0.3 is 14.5 Å². The number of hydrogen-bond donors (Lipinski definition) is 0. The van der Waals surface area contributed by atoms with Crippen molar-refractivity contribution in [2.75, 3.05) is 36.5 Å². The van der Waals surface area contributed by atoms with Gasteiger partial charge in [0.1, 0.15) is 0 Å². The molecule has 0 aromatic carbocycles. The summed E-state index contributed by atoms with van der Waals surface area (Å²) in [4.78, 5) is 23.7. The highest BCUT2D eigenvalue weighted by Crippen LogP contribution is 2.23. The van der Waals surface area contributed by atoms with Crippen molar-refractivity contribution in [1.82, 2.24) is 9.97 Å². The zero-order valence-corrected chi connectivity index (χ0v) is 12.1. The summed E-state index contributed by atoms with van der Waals surface area (Å²) in [5.74, 6) is 0.116. The lowest BCUT2D eigenvalue weighted by Crippen LogP contribution is -2.51. The van der Waals surface area contributed by atoms with Crippen LogP contribution in [0.3, 0.4) is 0 Å². The van der Waals surface area contributed by atoms with Gasteiger partial charge in [-0.1, -0.05) is 0 Å². The van der Waals surface area contributed by atoms with Gasteiger partial charge in [-0.15, -0.1) is 0 Å². The zero-order valence-electron chi connectivity index (χ0n) is 12.1. The highest BCUT2D eigenvalue weighted by molar-refractivity contribution is 5.97. The van der Waals surface area contributed by atoms with Gasteiger partial charge in [-0.05, 0) is 18.2 Å². The Morgan fingerprint density at radius 1 is 1.23 bits per heavy atom. The molecule has 1 aliphatic heterocycles. The third kappa shape index (κ3) is 2.69. The zero-order chi connectivity index (χ0) is 15.5. The van der Waals surface area contributed by atoms with Crippen molar-refractivity contribution in [3.63, 3.8) is 0 Å². The molecule has 0 spiro atoms. The fraction of sp³-hybridized carbons (Fsp3) is 0.267. The van der Waals surface area contributed by atoms with E-state index in [4.69, 9.17) is 4.74 Å². The third-order valence-corrected chi connectivity index (χ3v) is 3.50. The lowest BCUT2D eigenvalue weighted by atomic mass is 10.2. The van der Waals surface area contributed by atoms with E-state index >= 15 is 0 Å². The summed E-state index contributed by atoms with van der Waals surface area (Å²) in [6, 6.07) is 6.32. The van der Waals surface area contributed by atoms with Crippen LogP contribution in [0.5, 0.6) is 5.88 Å². The van der Waals surface area contributed by atoms with Crippen molar-refractivity contribution in [3.05, 3.63) is 42.5 Å². The van der Waals surface area contributed by atoms with E-state index in [0.29, 0.717) is 19.0 Å². The lowest BCUT2D eigenvalue weighted by molar-refractivity contribution is -0.117. The molecule has 3 rings (SSSR count). The van der Waals surface area contributed by atoms with Gasteiger partial charge in [-0.3, -0.25) is 4.79 Å². The number of amides is 1. The Morgan fingerprint density at radius 2 is 2.09 bits per heavy atom. The molecule has 1 aliphatic rings. The van der Waals surface area contributed by atoms with E-state index in [1.165, 1.54) is 25.4 Å². The molecular formula is C15H15FN4O2. The first-order chi connectivity index (χ1) is 10.7. The van der Waals surface area contributed by atoms with Gasteiger partial charge >= 0.3 is 0 Å². The van der Waals surface area contributed by atoms with Crippen molar-refractivity contribution in [1.29, 1.82) is 0 Å². The predicted molar refractivity (Wildman–Crippen MR) is 79.6 cm³/mol. The van der Waals surface area contributed by atoms with E-state index in [9.17, 15) is 9.18 Å². The van der Waals surface area contributed by atoms with E-state index < -0.39 is 5.82 Å². The number of nitrogens with zero attached hydrogens (tertiary/aromatic N) is 4. The second-order valence-electron chi connectivity index (χ2n) is 4.83. The van der Waals surface area contributed by atoms with Crippen LogP contribution in [0, 0.1) is 5.82 Å². The Bertz CT molecular complexity index is 695. The van der Waals surface area contributed by atoms with Crippen LogP contribution in [0.25, 0.3) is 0 Å². The lowest BCUT2D eigenvalue weighted by Gasteiger charge is -2.35. The van der Waals surface area contributed by atoms with E-state index in [1.54, 1.807) is 28.1 Å². The number of carbonyl (C=O) groups is 1. The molecule has 0 bridgehead atoms. The molecule has 1 fully saturated rings. The number of hydrogen-bond acceptors (Lipinski definition) is 5. The van der Waals surface area contributed by atoms with Crippen LogP contribution in [0.2, 0.25) is 0 Å². The molecule has 7 heteroatoms. The summed E-state index contributed by atoms with van der Waals surface area (Å²) in [7, 11) is 1.52. The maximum absolute atomic E-state index is 13.8. The van der Waals surface area contributed by atoms with E-state index in [1.807, 2.05) is 0 Å². The minimum atomic E-state index is -0.422. The van der Waals surface area contributed by atoms with Crippen LogP contribution >= 0.6 is 0 Å². The van der Waals surface area contributed by atoms with Crippen LogP contribution in [0.15, 0.2) is 36.7 Å². The molecule has 0 saturated carbocycles. The molecule has 0 radical (unpaired) electrons. The number of halogens is 1. The summed E-state index contributed by atoms with van der Waals surface area (Å²) in [5.41, 5.74) is 0.720. The molecule has 0 atom stereocenters. The van der Waals surface area contributed by atoms with Crippen molar-refractivity contribution in [2.24, 2.45) is 0 Å². The first-order valence-corrected chi connectivity index (χ1v) is 6.85. The average Bonchev–Trinajstić information content (AvgIpc) is 2.55. The first-order valence-electron chi connectivity index (χ1n) is 6.85. The summed E-state index contributed by atoms with van der Waals surface area (Å²) in [6.07, 6.45) is 3.11. The number of aromatic nitrogens is 2. The van der Waals surface area contributed by atoms with Gasteiger partial charge in [0, 0.05) is 31.5 Å². The van der Waals surface area contributed by atoms with Crippen molar-refractivity contribution >= 4 is 17.4 Å². The molecular weight excluding hydrogens is 287 g/mol. The van der Waals surface area contributed by atoms with Crippen LogP contribution in [0.4, 0.5) is 15.9 Å². The Kier molecular flexibility index (Phi) is 3.86. The number of anilines is 2. The van der Waals surface area contributed by atoms with Crippen LogP contribution < -0.4 is 14.5 Å². The van der Waals surface area contributed by atoms with Crippen LogP contribution in [0.1, 0.15) is 0 Å². The fourth-order valence-corrected chi connectivity index (χ4v) is 2.42. The maximum atomic E-state index is 13.8.